The molecule has 108 valence electrons. The van der Waals surface area contributed by atoms with E-state index in [2.05, 4.69) is 43.7 Å². The molecule has 0 aliphatic heterocycles. The Bertz CT molecular complexity index is 573. The van der Waals surface area contributed by atoms with Gasteiger partial charge >= 0.3 is 0 Å². The number of aryl methyl sites for hydroxylation is 1. The number of hydrogen-bond donors (Lipinski definition) is 1. The van der Waals surface area contributed by atoms with Crippen molar-refractivity contribution in [2.75, 3.05) is 7.05 Å². The fourth-order valence-corrected chi connectivity index (χ4v) is 3.70. The Morgan fingerprint density at radius 2 is 2.00 bits per heavy atom. The van der Waals surface area contributed by atoms with Gasteiger partial charge in [0.2, 0.25) is 0 Å². The fourth-order valence-electron chi connectivity index (χ4n) is 3.70. The lowest BCUT2D eigenvalue weighted by Crippen LogP contribution is -2.34. The molecule has 3 nitrogen and oxygen atoms in total. The molecule has 0 bridgehead atoms. The minimum absolute atomic E-state index is 0.651. The van der Waals surface area contributed by atoms with Crippen molar-refractivity contribution >= 4 is 10.9 Å². The van der Waals surface area contributed by atoms with E-state index in [-0.39, 0.29) is 0 Å². The van der Waals surface area contributed by atoms with Crippen LogP contribution in [-0.4, -0.2) is 22.9 Å². The van der Waals surface area contributed by atoms with Crippen LogP contribution in [0.1, 0.15) is 37.8 Å². The molecule has 3 heteroatoms. The van der Waals surface area contributed by atoms with E-state index in [0.29, 0.717) is 6.04 Å². The second kappa shape index (κ2) is 5.96. The van der Waals surface area contributed by atoms with Crippen LogP contribution in [0.15, 0.2) is 24.3 Å². The van der Waals surface area contributed by atoms with Crippen molar-refractivity contribution in [2.45, 2.75) is 44.6 Å². The molecule has 1 heterocycles. The maximum atomic E-state index is 4.77. The summed E-state index contributed by atoms with van der Waals surface area (Å²) in [7, 11) is 4.16. The van der Waals surface area contributed by atoms with Gasteiger partial charge in [0.1, 0.15) is 0 Å². The Labute approximate surface area is 121 Å². The van der Waals surface area contributed by atoms with Crippen molar-refractivity contribution in [3.05, 3.63) is 30.0 Å². The van der Waals surface area contributed by atoms with Crippen molar-refractivity contribution in [1.82, 2.24) is 15.1 Å². The first-order valence-electron chi connectivity index (χ1n) is 7.87. The topological polar surface area (TPSA) is 29.9 Å². The molecule has 0 radical (unpaired) electrons. The van der Waals surface area contributed by atoms with Gasteiger partial charge < -0.3 is 5.32 Å². The van der Waals surface area contributed by atoms with Gasteiger partial charge in [-0.25, -0.2) is 0 Å². The molecule has 0 spiro atoms. The van der Waals surface area contributed by atoms with Gasteiger partial charge in [-0.3, -0.25) is 4.68 Å². The number of aromatic nitrogens is 2. The maximum absolute atomic E-state index is 4.77. The summed E-state index contributed by atoms with van der Waals surface area (Å²) in [6.07, 6.45) is 7.87. The summed E-state index contributed by atoms with van der Waals surface area (Å²) in [5, 5.41) is 9.63. The van der Waals surface area contributed by atoms with Crippen LogP contribution in [0, 0.1) is 5.92 Å². The Morgan fingerprint density at radius 3 is 2.85 bits per heavy atom. The molecule has 0 saturated heterocycles. The molecular weight excluding hydrogens is 246 g/mol. The third-order valence-electron chi connectivity index (χ3n) is 4.82. The Hall–Kier alpha value is -1.35. The van der Waals surface area contributed by atoms with Gasteiger partial charge in [-0.15, -0.1) is 0 Å². The number of rotatable bonds is 3. The van der Waals surface area contributed by atoms with Crippen LogP contribution in [0.5, 0.6) is 0 Å². The predicted octanol–water partition coefficient (Wildman–Crippen LogP) is 3.28. The summed E-state index contributed by atoms with van der Waals surface area (Å²) in [6.45, 7) is 0. The fraction of sp³-hybridized carbons (Fsp3) is 0.588. The predicted molar refractivity (Wildman–Crippen MR) is 83.8 cm³/mol. The minimum atomic E-state index is 0.651. The Morgan fingerprint density at radius 1 is 1.20 bits per heavy atom. The first-order chi connectivity index (χ1) is 9.79. The maximum Gasteiger partial charge on any atom is 0.0706 e. The van der Waals surface area contributed by atoms with Gasteiger partial charge in [0.05, 0.1) is 11.2 Å². The van der Waals surface area contributed by atoms with Gasteiger partial charge in [0.25, 0.3) is 0 Å². The monoisotopic (exact) mass is 271 g/mol. The van der Waals surface area contributed by atoms with Gasteiger partial charge in [0.15, 0.2) is 0 Å². The first-order valence-corrected chi connectivity index (χ1v) is 7.87. The smallest absolute Gasteiger partial charge is 0.0706 e. The van der Waals surface area contributed by atoms with Crippen LogP contribution < -0.4 is 5.32 Å². The zero-order valence-corrected chi connectivity index (χ0v) is 12.6. The summed E-state index contributed by atoms with van der Waals surface area (Å²) in [6, 6.07) is 9.24. The molecular formula is C17H25N3. The van der Waals surface area contributed by atoms with Crippen LogP contribution in [0.25, 0.3) is 10.9 Å². The Kier molecular flexibility index (Phi) is 4.06. The van der Waals surface area contributed by atoms with Crippen LogP contribution in [0.2, 0.25) is 0 Å². The van der Waals surface area contributed by atoms with Crippen LogP contribution in [0.4, 0.5) is 0 Å². The quantitative estimate of drug-likeness (QED) is 0.868. The molecule has 1 aromatic heterocycles. The van der Waals surface area contributed by atoms with E-state index < -0.39 is 0 Å². The third-order valence-corrected chi connectivity index (χ3v) is 4.82. The first kappa shape index (κ1) is 13.6. The van der Waals surface area contributed by atoms with Gasteiger partial charge in [0, 0.05) is 18.5 Å². The lowest BCUT2D eigenvalue weighted by molar-refractivity contribution is 0.347. The van der Waals surface area contributed by atoms with E-state index in [0.717, 1.165) is 12.3 Å². The lowest BCUT2D eigenvalue weighted by atomic mass is 9.89. The second-order valence-corrected chi connectivity index (χ2v) is 6.08. The molecule has 1 saturated carbocycles. The molecule has 1 aromatic carbocycles. The molecule has 2 aromatic rings. The van der Waals surface area contributed by atoms with E-state index in [1.165, 1.54) is 48.7 Å². The van der Waals surface area contributed by atoms with E-state index in [4.69, 9.17) is 5.10 Å². The highest BCUT2D eigenvalue weighted by Crippen LogP contribution is 2.28. The number of fused-ring (bicyclic) bond motifs is 1. The van der Waals surface area contributed by atoms with Crippen molar-refractivity contribution in [1.29, 1.82) is 0 Å². The molecule has 1 aliphatic carbocycles. The van der Waals surface area contributed by atoms with Crippen LogP contribution >= 0.6 is 0 Å². The van der Waals surface area contributed by atoms with Gasteiger partial charge in [-0.2, -0.15) is 5.10 Å². The third kappa shape index (κ3) is 2.59. The van der Waals surface area contributed by atoms with Crippen LogP contribution in [0.3, 0.4) is 0 Å². The molecule has 3 rings (SSSR count). The molecule has 2 unspecified atom stereocenters. The zero-order valence-electron chi connectivity index (χ0n) is 12.6. The summed E-state index contributed by atoms with van der Waals surface area (Å²) < 4.78 is 2.02. The number of hydrogen-bond acceptors (Lipinski definition) is 2. The number of benzene rings is 1. The average molecular weight is 271 g/mol. The Balaban J connectivity index is 1.87. The highest BCUT2D eigenvalue weighted by Gasteiger charge is 2.24. The molecule has 20 heavy (non-hydrogen) atoms. The van der Waals surface area contributed by atoms with Crippen LogP contribution in [-0.2, 0) is 13.5 Å². The normalized spacial score (nSPS) is 23.9. The second-order valence-electron chi connectivity index (χ2n) is 6.08. The molecule has 0 amide bonds. The summed E-state index contributed by atoms with van der Waals surface area (Å²) in [5.74, 6) is 0.723. The standard InChI is InChI=1S/C17H25N3/c1-18-15-10-5-3-4-8-13(15)12-16-14-9-6-7-11-17(14)20(2)19-16/h6-7,9,11,13,15,18H,3-5,8,10,12H2,1-2H3. The van der Waals surface area contributed by atoms with Crippen molar-refractivity contribution < 1.29 is 0 Å². The van der Waals surface area contributed by atoms with Crippen molar-refractivity contribution in [3.8, 4) is 0 Å². The highest BCUT2D eigenvalue weighted by atomic mass is 15.3. The number of nitrogens with one attached hydrogen (secondary N) is 1. The van der Waals surface area contributed by atoms with E-state index >= 15 is 0 Å². The molecule has 1 aliphatic rings. The largest absolute Gasteiger partial charge is 0.317 e. The zero-order chi connectivity index (χ0) is 13.9. The molecule has 1 fully saturated rings. The van der Waals surface area contributed by atoms with Gasteiger partial charge in [-0.05, 0) is 38.3 Å². The minimum Gasteiger partial charge on any atom is -0.317 e. The average Bonchev–Trinajstić information content (AvgIpc) is 2.64. The van der Waals surface area contributed by atoms with Crippen molar-refractivity contribution in [2.24, 2.45) is 13.0 Å². The summed E-state index contributed by atoms with van der Waals surface area (Å²) in [5.41, 5.74) is 2.52. The molecule has 2 atom stereocenters. The summed E-state index contributed by atoms with van der Waals surface area (Å²) >= 11 is 0. The van der Waals surface area contributed by atoms with E-state index in [1.54, 1.807) is 0 Å². The summed E-state index contributed by atoms with van der Waals surface area (Å²) in [4.78, 5) is 0. The highest BCUT2D eigenvalue weighted by molar-refractivity contribution is 5.81. The van der Waals surface area contributed by atoms with Crippen molar-refractivity contribution in [3.63, 3.8) is 0 Å². The number of para-hydroxylation sites is 1. The molecule has 1 N–H and O–H groups in total. The number of nitrogens with zero attached hydrogens (tertiary/aromatic N) is 2. The van der Waals surface area contributed by atoms with E-state index in [9.17, 15) is 0 Å². The van der Waals surface area contributed by atoms with E-state index in [1.807, 2.05) is 4.68 Å². The SMILES string of the molecule is CNC1CCCCCC1Cc1nn(C)c2ccccc12. The van der Waals surface area contributed by atoms with Gasteiger partial charge in [-0.1, -0.05) is 37.5 Å². The lowest BCUT2D eigenvalue weighted by Gasteiger charge is -2.24.